The zero-order chi connectivity index (χ0) is 18.3. The lowest BCUT2D eigenvalue weighted by molar-refractivity contribution is -0.137. The van der Waals surface area contributed by atoms with Crippen LogP contribution in [0.15, 0.2) is 48.5 Å². The highest BCUT2D eigenvalue weighted by atomic mass is 32.1. The van der Waals surface area contributed by atoms with Crippen molar-refractivity contribution in [1.29, 1.82) is 0 Å². The normalized spacial score (nSPS) is 11.0. The lowest BCUT2D eigenvalue weighted by Gasteiger charge is -2.12. The number of hydrogen-bond donors (Lipinski definition) is 2. The lowest BCUT2D eigenvalue weighted by Crippen LogP contribution is -2.29. The maximum absolute atomic E-state index is 12.5. The molecule has 2 N–H and O–H groups in total. The fourth-order valence-corrected chi connectivity index (χ4v) is 2.42. The van der Waals surface area contributed by atoms with Crippen molar-refractivity contribution in [3.05, 3.63) is 59.7 Å². The van der Waals surface area contributed by atoms with Gasteiger partial charge in [0.1, 0.15) is 5.75 Å². The SMILES string of the molecule is COc1ccc(CCCNC(=S)Nc2ccc(C(F)(F)F)cc2)cc1. The molecule has 134 valence electrons. The zero-order valence-electron chi connectivity index (χ0n) is 13.7. The summed E-state index contributed by atoms with van der Waals surface area (Å²) in [6.07, 6.45) is -2.57. The molecule has 0 saturated heterocycles. The molecule has 7 heteroatoms. The molecule has 0 aliphatic carbocycles. The highest BCUT2D eigenvalue weighted by Gasteiger charge is 2.29. The van der Waals surface area contributed by atoms with Gasteiger partial charge in [-0.1, -0.05) is 12.1 Å². The van der Waals surface area contributed by atoms with Gasteiger partial charge in [0.25, 0.3) is 0 Å². The molecule has 0 aromatic heterocycles. The number of rotatable bonds is 6. The van der Waals surface area contributed by atoms with Gasteiger partial charge < -0.3 is 15.4 Å². The summed E-state index contributed by atoms with van der Waals surface area (Å²) in [6.45, 7) is 0.665. The van der Waals surface area contributed by atoms with Gasteiger partial charge >= 0.3 is 6.18 Å². The van der Waals surface area contributed by atoms with Gasteiger partial charge in [0.15, 0.2) is 5.11 Å². The molecule has 0 bridgehead atoms. The van der Waals surface area contributed by atoms with Crippen molar-refractivity contribution >= 4 is 23.0 Å². The summed E-state index contributed by atoms with van der Waals surface area (Å²) in [6, 6.07) is 12.6. The van der Waals surface area contributed by atoms with Crippen LogP contribution in [0.25, 0.3) is 0 Å². The molecule has 0 fully saturated rings. The van der Waals surface area contributed by atoms with Gasteiger partial charge in [-0.2, -0.15) is 13.2 Å². The molecule has 2 rings (SSSR count). The Labute approximate surface area is 150 Å². The number of anilines is 1. The number of methoxy groups -OCH3 is 1. The van der Waals surface area contributed by atoms with Crippen molar-refractivity contribution < 1.29 is 17.9 Å². The van der Waals surface area contributed by atoms with Crippen LogP contribution in [-0.4, -0.2) is 18.8 Å². The van der Waals surface area contributed by atoms with Crippen LogP contribution in [0.2, 0.25) is 0 Å². The number of nitrogens with one attached hydrogen (secondary N) is 2. The van der Waals surface area contributed by atoms with E-state index in [2.05, 4.69) is 10.6 Å². The number of ether oxygens (including phenoxy) is 1. The van der Waals surface area contributed by atoms with Gasteiger partial charge in [-0.25, -0.2) is 0 Å². The topological polar surface area (TPSA) is 33.3 Å². The van der Waals surface area contributed by atoms with Gasteiger partial charge in [-0.3, -0.25) is 0 Å². The first-order valence-corrected chi connectivity index (χ1v) is 8.14. The molecule has 25 heavy (non-hydrogen) atoms. The van der Waals surface area contributed by atoms with E-state index in [0.717, 1.165) is 30.7 Å². The van der Waals surface area contributed by atoms with Gasteiger partial charge in [0.2, 0.25) is 0 Å². The summed E-state index contributed by atoms with van der Waals surface area (Å²) < 4.78 is 42.6. The first kappa shape index (κ1) is 19.1. The van der Waals surface area contributed by atoms with E-state index < -0.39 is 11.7 Å². The minimum atomic E-state index is -4.33. The second-order valence-electron chi connectivity index (χ2n) is 5.41. The minimum Gasteiger partial charge on any atom is -0.497 e. The molecule has 2 aromatic rings. The molecule has 0 saturated carbocycles. The van der Waals surface area contributed by atoms with Crippen LogP contribution in [0.3, 0.4) is 0 Å². The molecule has 0 spiro atoms. The van der Waals surface area contributed by atoms with E-state index in [1.807, 2.05) is 24.3 Å². The monoisotopic (exact) mass is 368 g/mol. The third kappa shape index (κ3) is 6.26. The van der Waals surface area contributed by atoms with Crippen LogP contribution in [0.4, 0.5) is 18.9 Å². The second kappa shape index (κ2) is 8.71. The Kier molecular flexibility index (Phi) is 6.64. The Hall–Kier alpha value is -2.28. The maximum Gasteiger partial charge on any atom is 0.416 e. The lowest BCUT2D eigenvalue weighted by atomic mass is 10.1. The molecule has 0 atom stereocenters. The first-order chi connectivity index (χ1) is 11.9. The summed E-state index contributed by atoms with van der Waals surface area (Å²) in [5.74, 6) is 0.823. The van der Waals surface area contributed by atoms with Crippen molar-refractivity contribution in [2.24, 2.45) is 0 Å². The summed E-state index contributed by atoms with van der Waals surface area (Å²) in [4.78, 5) is 0. The third-order valence-electron chi connectivity index (χ3n) is 3.56. The first-order valence-electron chi connectivity index (χ1n) is 7.73. The Balaban J connectivity index is 1.71. The second-order valence-corrected chi connectivity index (χ2v) is 5.82. The predicted octanol–water partition coefficient (Wildman–Crippen LogP) is 4.63. The number of thiocarbonyl (C=S) groups is 1. The van der Waals surface area contributed by atoms with Crippen LogP contribution in [0, 0.1) is 0 Å². The molecule has 0 heterocycles. The van der Waals surface area contributed by atoms with E-state index in [1.165, 1.54) is 17.7 Å². The summed E-state index contributed by atoms with van der Waals surface area (Å²) in [7, 11) is 1.63. The maximum atomic E-state index is 12.5. The van der Waals surface area contributed by atoms with Gasteiger partial charge in [-0.15, -0.1) is 0 Å². The molecule has 0 radical (unpaired) electrons. The molecular weight excluding hydrogens is 349 g/mol. The summed E-state index contributed by atoms with van der Waals surface area (Å²) in [5, 5.41) is 6.30. The van der Waals surface area contributed by atoms with E-state index in [1.54, 1.807) is 7.11 Å². The smallest absolute Gasteiger partial charge is 0.416 e. The molecule has 0 aliphatic heterocycles. The van der Waals surface area contributed by atoms with Crippen molar-refractivity contribution in [3.8, 4) is 5.75 Å². The summed E-state index contributed by atoms with van der Waals surface area (Å²) >= 11 is 5.14. The highest BCUT2D eigenvalue weighted by Crippen LogP contribution is 2.29. The molecule has 0 unspecified atom stereocenters. The fraction of sp³-hybridized carbons (Fsp3) is 0.278. The average Bonchev–Trinajstić information content (AvgIpc) is 2.59. The fourth-order valence-electron chi connectivity index (χ4n) is 2.20. The molecule has 2 aromatic carbocycles. The number of benzene rings is 2. The zero-order valence-corrected chi connectivity index (χ0v) is 14.5. The third-order valence-corrected chi connectivity index (χ3v) is 3.80. The Morgan fingerprint density at radius 1 is 1.04 bits per heavy atom. The molecule has 0 aliphatic rings. The van der Waals surface area contributed by atoms with Crippen molar-refractivity contribution in [1.82, 2.24) is 5.32 Å². The number of halogens is 3. The Morgan fingerprint density at radius 3 is 2.24 bits per heavy atom. The predicted molar refractivity (Wildman–Crippen MR) is 97.0 cm³/mol. The van der Waals surface area contributed by atoms with E-state index in [4.69, 9.17) is 17.0 Å². The minimum absolute atomic E-state index is 0.384. The number of aryl methyl sites for hydroxylation is 1. The van der Waals surface area contributed by atoms with Crippen molar-refractivity contribution in [2.45, 2.75) is 19.0 Å². The molecular formula is C18H19F3N2OS. The number of hydrogen-bond acceptors (Lipinski definition) is 2. The standard InChI is InChI=1S/C18H19F3N2OS/c1-24-16-10-4-13(5-11-16)3-2-12-22-17(25)23-15-8-6-14(7-9-15)18(19,20)21/h4-11H,2-3,12H2,1H3,(H2,22,23,25). The molecule has 0 amide bonds. The number of alkyl halides is 3. The molecule has 3 nitrogen and oxygen atoms in total. The van der Waals surface area contributed by atoms with E-state index in [-0.39, 0.29) is 0 Å². The Bertz CT molecular complexity index is 685. The van der Waals surface area contributed by atoms with Crippen LogP contribution >= 0.6 is 12.2 Å². The average molecular weight is 368 g/mol. The van der Waals surface area contributed by atoms with Gasteiger partial charge in [-0.05, 0) is 67.0 Å². The van der Waals surface area contributed by atoms with Crippen LogP contribution < -0.4 is 15.4 Å². The van der Waals surface area contributed by atoms with Crippen LogP contribution in [-0.2, 0) is 12.6 Å². The van der Waals surface area contributed by atoms with E-state index >= 15 is 0 Å². The quantitative estimate of drug-likeness (QED) is 0.575. The van der Waals surface area contributed by atoms with Crippen LogP contribution in [0.1, 0.15) is 17.5 Å². The van der Waals surface area contributed by atoms with E-state index in [9.17, 15) is 13.2 Å². The van der Waals surface area contributed by atoms with Crippen LogP contribution in [0.5, 0.6) is 5.75 Å². The van der Waals surface area contributed by atoms with Crippen molar-refractivity contribution in [2.75, 3.05) is 19.0 Å². The largest absolute Gasteiger partial charge is 0.497 e. The van der Waals surface area contributed by atoms with Gasteiger partial charge in [0, 0.05) is 12.2 Å². The van der Waals surface area contributed by atoms with E-state index in [0.29, 0.717) is 17.3 Å². The Morgan fingerprint density at radius 2 is 1.68 bits per heavy atom. The highest BCUT2D eigenvalue weighted by molar-refractivity contribution is 7.80. The van der Waals surface area contributed by atoms with Gasteiger partial charge in [0.05, 0.1) is 12.7 Å². The van der Waals surface area contributed by atoms with Crippen molar-refractivity contribution in [3.63, 3.8) is 0 Å². The summed E-state index contributed by atoms with van der Waals surface area (Å²) in [5.41, 5.74) is 1.03.